The van der Waals surface area contributed by atoms with E-state index in [0.717, 1.165) is 16.7 Å². The van der Waals surface area contributed by atoms with Crippen molar-refractivity contribution in [2.45, 2.75) is 51.9 Å². The van der Waals surface area contributed by atoms with Crippen LogP contribution < -0.4 is 0 Å². The number of allylic oxidation sites excluding steroid dienone is 4. The van der Waals surface area contributed by atoms with Crippen molar-refractivity contribution in [1.82, 2.24) is 0 Å². The third kappa shape index (κ3) is 4.10. The molecule has 25 heavy (non-hydrogen) atoms. The molecule has 0 aliphatic heterocycles. The van der Waals surface area contributed by atoms with Crippen molar-refractivity contribution in [2.24, 2.45) is 0 Å². The summed E-state index contributed by atoms with van der Waals surface area (Å²) in [7, 11) is 0. The smallest absolute Gasteiger partial charge is 0.131 e. The molecule has 0 atom stereocenters. The Morgan fingerprint density at radius 2 is 1.60 bits per heavy atom. The van der Waals surface area contributed by atoms with E-state index in [1.165, 1.54) is 37.7 Å². The lowest BCUT2D eigenvalue weighted by molar-refractivity contribution is 0.443. The molecule has 2 aromatic carbocycles. The Balaban J connectivity index is 1.83. The van der Waals surface area contributed by atoms with Crippen molar-refractivity contribution in [3.8, 4) is 11.1 Å². The van der Waals surface area contributed by atoms with Crippen LogP contribution in [0.5, 0.6) is 0 Å². The maximum absolute atomic E-state index is 14.6. The quantitative estimate of drug-likeness (QED) is 0.507. The van der Waals surface area contributed by atoms with Crippen molar-refractivity contribution in [3.63, 3.8) is 0 Å². The van der Waals surface area contributed by atoms with Crippen LogP contribution >= 0.6 is 0 Å². The van der Waals surface area contributed by atoms with E-state index in [4.69, 9.17) is 0 Å². The van der Waals surface area contributed by atoms with Gasteiger partial charge in [-0.05, 0) is 60.9 Å². The van der Waals surface area contributed by atoms with Crippen molar-refractivity contribution in [2.75, 3.05) is 0 Å². The van der Waals surface area contributed by atoms with Gasteiger partial charge in [-0.2, -0.15) is 0 Å². The SMILES string of the molecule is C/C=C\C(=C/C)c1ccc(-c2ccc(C3CCCCC3)cc2)cc1F. The van der Waals surface area contributed by atoms with Crippen molar-refractivity contribution in [3.05, 3.63) is 77.6 Å². The summed E-state index contributed by atoms with van der Waals surface area (Å²) in [6, 6.07) is 14.3. The summed E-state index contributed by atoms with van der Waals surface area (Å²) >= 11 is 0. The van der Waals surface area contributed by atoms with Gasteiger partial charge in [-0.3, -0.25) is 0 Å². The molecule has 1 fully saturated rings. The highest BCUT2D eigenvalue weighted by molar-refractivity contribution is 5.76. The molecule has 0 radical (unpaired) electrons. The highest BCUT2D eigenvalue weighted by Crippen LogP contribution is 2.34. The molecule has 1 heteroatoms. The first kappa shape index (κ1) is 17.7. The predicted octanol–water partition coefficient (Wildman–Crippen LogP) is 7.52. The zero-order chi connectivity index (χ0) is 17.6. The zero-order valence-electron chi connectivity index (χ0n) is 15.3. The van der Waals surface area contributed by atoms with Gasteiger partial charge in [0.2, 0.25) is 0 Å². The van der Waals surface area contributed by atoms with E-state index in [0.29, 0.717) is 11.5 Å². The van der Waals surface area contributed by atoms with Crippen LogP contribution in [0.25, 0.3) is 16.7 Å². The fourth-order valence-electron chi connectivity index (χ4n) is 3.83. The van der Waals surface area contributed by atoms with Crippen LogP contribution in [-0.4, -0.2) is 0 Å². The maximum Gasteiger partial charge on any atom is 0.131 e. The normalized spacial score (nSPS) is 16.5. The molecule has 0 N–H and O–H groups in total. The summed E-state index contributed by atoms with van der Waals surface area (Å²) in [6.45, 7) is 3.89. The molecule has 0 aromatic heterocycles. The van der Waals surface area contributed by atoms with Crippen LogP contribution in [0.2, 0.25) is 0 Å². The Morgan fingerprint density at radius 3 is 2.20 bits per heavy atom. The summed E-state index contributed by atoms with van der Waals surface area (Å²) in [6.07, 6.45) is 12.5. The van der Waals surface area contributed by atoms with Gasteiger partial charge in [0.25, 0.3) is 0 Å². The van der Waals surface area contributed by atoms with E-state index in [1.807, 2.05) is 44.2 Å². The van der Waals surface area contributed by atoms with E-state index in [2.05, 4.69) is 24.3 Å². The Bertz CT molecular complexity index is 759. The first-order chi connectivity index (χ1) is 12.2. The van der Waals surface area contributed by atoms with E-state index in [9.17, 15) is 4.39 Å². The minimum atomic E-state index is -0.167. The summed E-state index contributed by atoms with van der Waals surface area (Å²) < 4.78 is 14.6. The molecule has 2 aromatic rings. The van der Waals surface area contributed by atoms with Gasteiger partial charge in [0.1, 0.15) is 5.82 Å². The van der Waals surface area contributed by atoms with E-state index in [1.54, 1.807) is 6.07 Å². The van der Waals surface area contributed by atoms with E-state index in [-0.39, 0.29) is 5.82 Å². The standard InChI is InChI=1S/C24H27F/c1-3-8-18(4-2)23-16-15-22(17-24(23)25)21-13-11-20(12-14-21)19-9-6-5-7-10-19/h3-4,8,11-17,19H,5-7,9-10H2,1-2H3/b8-3-,18-4+. The molecule has 3 rings (SSSR count). The molecule has 130 valence electrons. The second-order valence-electron chi connectivity index (χ2n) is 6.90. The molecule has 0 amide bonds. The summed E-state index contributed by atoms with van der Waals surface area (Å²) in [5.41, 5.74) is 5.03. The highest BCUT2D eigenvalue weighted by atomic mass is 19.1. The first-order valence-corrected chi connectivity index (χ1v) is 9.42. The third-order valence-electron chi connectivity index (χ3n) is 5.26. The lowest BCUT2D eigenvalue weighted by Gasteiger charge is -2.22. The number of rotatable bonds is 4. The molecule has 0 spiro atoms. The zero-order valence-corrected chi connectivity index (χ0v) is 15.3. The monoisotopic (exact) mass is 334 g/mol. The maximum atomic E-state index is 14.6. The topological polar surface area (TPSA) is 0 Å². The van der Waals surface area contributed by atoms with Crippen molar-refractivity contribution < 1.29 is 4.39 Å². The predicted molar refractivity (Wildman–Crippen MR) is 106 cm³/mol. The molecule has 0 nitrogen and oxygen atoms in total. The molecular weight excluding hydrogens is 307 g/mol. The second kappa shape index (κ2) is 8.29. The van der Waals surface area contributed by atoms with Gasteiger partial charge >= 0.3 is 0 Å². The second-order valence-corrected chi connectivity index (χ2v) is 6.90. The molecule has 1 aliphatic carbocycles. The van der Waals surface area contributed by atoms with Crippen LogP contribution in [0.15, 0.2) is 60.7 Å². The Hall–Kier alpha value is -2.15. The highest BCUT2D eigenvalue weighted by Gasteiger charge is 2.15. The number of halogens is 1. The minimum absolute atomic E-state index is 0.167. The number of hydrogen-bond donors (Lipinski definition) is 0. The fourth-order valence-corrected chi connectivity index (χ4v) is 3.83. The van der Waals surface area contributed by atoms with Gasteiger partial charge in [-0.25, -0.2) is 4.39 Å². The number of benzene rings is 2. The molecule has 1 aliphatic rings. The third-order valence-corrected chi connectivity index (χ3v) is 5.26. The van der Waals surface area contributed by atoms with Crippen molar-refractivity contribution in [1.29, 1.82) is 0 Å². The van der Waals surface area contributed by atoms with Crippen LogP contribution in [0.1, 0.15) is 63.0 Å². The average molecular weight is 334 g/mol. The molecule has 0 unspecified atom stereocenters. The van der Waals surface area contributed by atoms with Crippen LogP contribution in [0.4, 0.5) is 4.39 Å². The molecular formula is C24H27F. The summed E-state index contributed by atoms with van der Waals surface area (Å²) in [5.74, 6) is 0.542. The molecule has 0 heterocycles. The van der Waals surface area contributed by atoms with Crippen LogP contribution in [0.3, 0.4) is 0 Å². The lowest BCUT2D eigenvalue weighted by Crippen LogP contribution is -2.04. The van der Waals surface area contributed by atoms with E-state index >= 15 is 0 Å². The van der Waals surface area contributed by atoms with Crippen LogP contribution in [-0.2, 0) is 0 Å². The summed E-state index contributed by atoms with van der Waals surface area (Å²) in [4.78, 5) is 0. The average Bonchev–Trinajstić information content (AvgIpc) is 2.67. The Morgan fingerprint density at radius 1 is 0.920 bits per heavy atom. The van der Waals surface area contributed by atoms with Crippen molar-refractivity contribution >= 4 is 5.57 Å². The largest absolute Gasteiger partial charge is 0.206 e. The van der Waals surface area contributed by atoms with Gasteiger partial charge in [-0.15, -0.1) is 0 Å². The number of hydrogen-bond acceptors (Lipinski definition) is 0. The summed E-state index contributed by atoms with van der Waals surface area (Å²) in [5, 5.41) is 0. The minimum Gasteiger partial charge on any atom is -0.206 e. The molecule has 1 saturated carbocycles. The Labute approximate surface area is 151 Å². The van der Waals surface area contributed by atoms with Gasteiger partial charge in [0.15, 0.2) is 0 Å². The molecule has 0 bridgehead atoms. The molecule has 0 saturated heterocycles. The lowest BCUT2D eigenvalue weighted by atomic mass is 9.83. The fraction of sp³-hybridized carbons (Fsp3) is 0.333. The van der Waals surface area contributed by atoms with Crippen LogP contribution in [0, 0.1) is 5.82 Å². The van der Waals surface area contributed by atoms with Gasteiger partial charge in [-0.1, -0.05) is 73.9 Å². The van der Waals surface area contributed by atoms with Gasteiger partial charge in [0.05, 0.1) is 0 Å². The van der Waals surface area contributed by atoms with Gasteiger partial charge < -0.3 is 0 Å². The van der Waals surface area contributed by atoms with Gasteiger partial charge in [0, 0.05) is 5.56 Å². The van der Waals surface area contributed by atoms with E-state index < -0.39 is 0 Å². The Kier molecular flexibility index (Phi) is 5.86. The first-order valence-electron chi connectivity index (χ1n) is 9.42.